The molecular formula is C15H15NO2. The molecule has 0 saturated carbocycles. The lowest BCUT2D eigenvalue weighted by Crippen LogP contribution is -2.33. The van der Waals surface area contributed by atoms with E-state index in [9.17, 15) is 4.79 Å². The molecule has 0 spiro atoms. The van der Waals surface area contributed by atoms with Gasteiger partial charge in [0.25, 0.3) is 0 Å². The molecule has 1 atom stereocenters. The molecule has 92 valence electrons. The Bertz CT molecular complexity index is 508. The van der Waals surface area contributed by atoms with Crippen molar-refractivity contribution in [3.05, 3.63) is 47.5 Å². The Balaban J connectivity index is 2.07. The molecule has 1 unspecified atom stereocenters. The average molecular weight is 241 g/mol. The van der Waals surface area contributed by atoms with E-state index in [1.54, 1.807) is 0 Å². The van der Waals surface area contributed by atoms with E-state index >= 15 is 0 Å². The van der Waals surface area contributed by atoms with Gasteiger partial charge in [0, 0.05) is 11.1 Å². The van der Waals surface area contributed by atoms with Crippen molar-refractivity contribution in [2.75, 3.05) is 0 Å². The maximum atomic E-state index is 10.6. The number of nitrogens with one attached hydrogen (secondary N) is 1. The fourth-order valence-electron chi connectivity index (χ4n) is 1.97. The van der Waals surface area contributed by atoms with Gasteiger partial charge in [0.15, 0.2) is 0 Å². The van der Waals surface area contributed by atoms with Crippen molar-refractivity contribution in [3.63, 3.8) is 0 Å². The lowest BCUT2D eigenvalue weighted by atomic mass is 9.96. The molecule has 0 aliphatic heterocycles. The Labute approximate surface area is 107 Å². The molecule has 2 N–H and O–H groups in total. The molecule has 1 aliphatic rings. The van der Waals surface area contributed by atoms with Gasteiger partial charge in [-0.05, 0) is 31.4 Å². The monoisotopic (exact) mass is 241 g/mol. The number of hydrogen-bond acceptors (Lipinski definition) is 1. The van der Waals surface area contributed by atoms with Crippen molar-refractivity contribution in [1.82, 2.24) is 5.32 Å². The van der Waals surface area contributed by atoms with Gasteiger partial charge in [-0.15, -0.1) is 0 Å². The molecule has 1 amide bonds. The van der Waals surface area contributed by atoms with Crippen LogP contribution in [-0.4, -0.2) is 17.2 Å². The van der Waals surface area contributed by atoms with Crippen molar-refractivity contribution in [3.8, 4) is 11.8 Å². The molecule has 0 bridgehead atoms. The minimum absolute atomic E-state index is 0.101. The highest BCUT2D eigenvalue weighted by Crippen LogP contribution is 2.17. The van der Waals surface area contributed by atoms with Crippen LogP contribution in [0.25, 0.3) is 0 Å². The van der Waals surface area contributed by atoms with E-state index in [1.807, 2.05) is 36.4 Å². The lowest BCUT2D eigenvalue weighted by molar-refractivity contribution is 0.191. The third-order valence-electron chi connectivity index (χ3n) is 2.81. The molecule has 3 nitrogen and oxygen atoms in total. The highest BCUT2D eigenvalue weighted by Gasteiger charge is 2.13. The van der Waals surface area contributed by atoms with Crippen LogP contribution in [-0.2, 0) is 0 Å². The van der Waals surface area contributed by atoms with Gasteiger partial charge in [0.05, 0.1) is 6.04 Å². The molecule has 2 rings (SSSR count). The predicted molar refractivity (Wildman–Crippen MR) is 70.2 cm³/mol. The highest BCUT2D eigenvalue weighted by atomic mass is 16.4. The summed E-state index contributed by atoms with van der Waals surface area (Å²) in [5.41, 5.74) is 2.00. The van der Waals surface area contributed by atoms with Gasteiger partial charge >= 0.3 is 6.09 Å². The molecule has 0 fully saturated rings. The predicted octanol–water partition coefficient (Wildman–Crippen LogP) is 2.78. The third kappa shape index (κ3) is 3.67. The fourth-order valence-corrected chi connectivity index (χ4v) is 1.97. The van der Waals surface area contributed by atoms with E-state index < -0.39 is 6.09 Å². The van der Waals surface area contributed by atoms with Crippen LogP contribution in [0.3, 0.4) is 0 Å². The third-order valence-corrected chi connectivity index (χ3v) is 2.81. The second-order valence-electron chi connectivity index (χ2n) is 4.26. The second kappa shape index (κ2) is 5.92. The maximum absolute atomic E-state index is 10.6. The van der Waals surface area contributed by atoms with Crippen LogP contribution in [0.2, 0.25) is 0 Å². The van der Waals surface area contributed by atoms with Crippen LogP contribution in [0.15, 0.2) is 42.0 Å². The summed E-state index contributed by atoms with van der Waals surface area (Å²) >= 11 is 0. The molecule has 1 aromatic carbocycles. The maximum Gasteiger partial charge on any atom is 0.405 e. The Hall–Kier alpha value is -2.21. The first-order valence-corrected chi connectivity index (χ1v) is 6.01. The SMILES string of the molecule is O=C(O)NC1C=C(C#Cc2ccccc2)CCC1. The van der Waals surface area contributed by atoms with Gasteiger partial charge in [-0.3, -0.25) is 0 Å². The Morgan fingerprint density at radius 1 is 1.28 bits per heavy atom. The normalized spacial score (nSPS) is 18.2. The van der Waals surface area contributed by atoms with Crippen molar-refractivity contribution < 1.29 is 9.90 Å². The number of benzene rings is 1. The molecule has 0 aromatic heterocycles. The van der Waals surface area contributed by atoms with Gasteiger partial charge in [-0.25, -0.2) is 4.79 Å². The Kier molecular flexibility index (Phi) is 4.03. The summed E-state index contributed by atoms with van der Waals surface area (Å²) in [6.07, 6.45) is 3.70. The number of carbonyl (C=O) groups is 1. The summed E-state index contributed by atoms with van der Waals surface area (Å²) in [4.78, 5) is 10.6. The number of carboxylic acid groups (broad SMARTS) is 1. The topological polar surface area (TPSA) is 49.3 Å². The standard InChI is InChI=1S/C15H15NO2/c17-15(18)16-14-8-4-7-13(11-14)10-9-12-5-2-1-3-6-12/h1-3,5-6,11,14,16H,4,7-8H2,(H,17,18). The first-order chi connectivity index (χ1) is 8.74. The number of hydrogen-bond donors (Lipinski definition) is 2. The summed E-state index contributed by atoms with van der Waals surface area (Å²) in [5.74, 6) is 6.21. The molecule has 3 heteroatoms. The molecule has 1 aromatic rings. The van der Waals surface area contributed by atoms with Crippen LogP contribution in [0.1, 0.15) is 24.8 Å². The Morgan fingerprint density at radius 3 is 2.78 bits per heavy atom. The van der Waals surface area contributed by atoms with Gasteiger partial charge in [0.2, 0.25) is 0 Å². The van der Waals surface area contributed by atoms with Gasteiger partial charge in [-0.1, -0.05) is 36.1 Å². The van der Waals surface area contributed by atoms with Crippen molar-refractivity contribution in [2.45, 2.75) is 25.3 Å². The second-order valence-corrected chi connectivity index (χ2v) is 4.26. The molecule has 0 radical (unpaired) electrons. The summed E-state index contributed by atoms with van der Waals surface area (Å²) in [6.45, 7) is 0. The number of allylic oxidation sites excluding steroid dienone is 1. The van der Waals surface area contributed by atoms with E-state index in [0.29, 0.717) is 0 Å². The molecule has 18 heavy (non-hydrogen) atoms. The number of amides is 1. The quantitative estimate of drug-likeness (QED) is 0.743. The summed E-state index contributed by atoms with van der Waals surface area (Å²) in [7, 11) is 0. The van der Waals surface area contributed by atoms with E-state index in [2.05, 4.69) is 17.2 Å². The fraction of sp³-hybridized carbons (Fsp3) is 0.267. The molecule has 0 saturated heterocycles. The molecule has 0 heterocycles. The van der Waals surface area contributed by atoms with Crippen molar-refractivity contribution in [2.24, 2.45) is 0 Å². The van der Waals surface area contributed by atoms with Gasteiger partial charge in [-0.2, -0.15) is 0 Å². The summed E-state index contributed by atoms with van der Waals surface area (Å²) in [6, 6.07) is 9.68. The Morgan fingerprint density at radius 2 is 2.06 bits per heavy atom. The minimum Gasteiger partial charge on any atom is -0.465 e. The highest BCUT2D eigenvalue weighted by molar-refractivity contribution is 5.65. The zero-order valence-corrected chi connectivity index (χ0v) is 10.0. The van der Waals surface area contributed by atoms with Crippen molar-refractivity contribution in [1.29, 1.82) is 0 Å². The molecular weight excluding hydrogens is 226 g/mol. The minimum atomic E-state index is -0.978. The largest absolute Gasteiger partial charge is 0.465 e. The zero-order valence-electron chi connectivity index (χ0n) is 10.0. The average Bonchev–Trinajstić information content (AvgIpc) is 2.37. The van der Waals surface area contributed by atoms with E-state index in [4.69, 9.17) is 5.11 Å². The van der Waals surface area contributed by atoms with Crippen LogP contribution in [0.5, 0.6) is 0 Å². The summed E-state index contributed by atoms with van der Waals surface area (Å²) in [5, 5.41) is 11.2. The van der Waals surface area contributed by atoms with Crippen LogP contribution < -0.4 is 5.32 Å². The van der Waals surface area contributed by atoms with Crippen LogP contribution in [0.4, 0.5) is 4.79 Å². The van der Waals surface area contributed by atoms with Gasteiger partial charge < -0.3 is 10.4 Å². The molecule has 1 aliphatic carbocycles. The number of rotatable bonds is 1. The zero-order chi connectivity index (χ0) is 12.8. The van der Waals surface area contributed by atoms with Crippen LogP contribution in [0, 0.1) is 11.8 Å². The van der Waals surface area contributed by atoms with E-state index in [0.717, 1.165) is 30.4 Å². The smallest absolute Gasteiger partial charge is 0.405 e. The van der Waals surface area contributed by atoms with Crippen molar-refractivity contribution >= 4 is 6.09 Å². The van der Waals surface area contributed by atoms with E-state index in [-0.39, 0.29) is 6.04 Å². The van der Waals surface area contributed by atoms with Gasteiger partial charge in [0.1, 0.15) is 0 Å². The summed E-state index contributed by atoms with van der Waals surface area (Å²) < 4.78 is 0. The first-order valence-electron chi connectivity index (χ1n) is 6.01. The van der Waals surface area contributed by atoms with E-state index in [1.165, 1.54) is 0 Å². The first kappa shape index (κ1) is 12.3. The van der Waals surface area contributed by atoms with Crippen LogP contribution >= 0.6 is 0 Å². The lowest BCUT2D eigenvalue weighted by Gasteiger charge is -2.18.